The third-order valence-electron chi connectivity index (χ3n) is 3.37. The molecule has 1 fully saturated rings. The van der Waals surface area contributed by atoms with Gasteiger partial charge >= 0.3 is 0 Å². The summed E-state index contributed by atoms with van der Waals surface area (Å²) >= 11 is 3.62. The van der Waals surface area contributed by atoms with Gasteiger partial charge < -0.3 is 5.32 Å². The first kappa shape index (κ1) is 13.2. The fourth-order valence-electron chi connectivity index (χ4n) is 2.38. The Morgan fingerprint density at radius 2 is 2.38 bits per heavy atom. The molecule has 1 saturated heterocycles. The van der Waals surface area contributed by atoms with Crippen LogP contribution in [0.3, 0.4) is 0 Å². The van der Waals surface area contributed by atoms with Crippen molar-refractivity contribution in [2.75, 3.05) is 18.1 Å². The molecule has 8 heteroatoms. The Bertz CT molecular complexity index is 732. The zero-order valence-corrected chi connectivity index (χ0v) is 12.9. The second-order valence-electron chi connectivity index (χ2n) is 4.89. The van der Waals surface area contributed by atoms with Gasteiger partial charge in [0, 0.05) is 48.5 Å². The van der Waals surface area contributed by atoms with Crippen molar-refractivity contribution in [2.24, 2.45) is 0 Å². The van der Waals surface area contributed by atoms with Gasteiger partial charge in [-0.05, 0) is 12.1 Å². The molecule has 1 N–H and O–H groups in total. The molecule has 21 heavy (non-hydrogen) atoms. The van der Waals surface area contributed by atoms with Gasteiger partial charge in [0.2, 0.25) is 4.96 Å². The molecule has 0 saturated carbocycles. The van der Waals surface area contributed by atoms with E-state index >= 15 is 0 Å². The fraction of sp³-hybridized carbons (Fsp3) is 0.385. The van der Waals surface area contributed by atoms with Gasteiger partial charge in [0.15, 0.2) is 5.82 Å². The van der Waals surface area contributed by atoms with Crippen molar-refractivity contribution in [3.05, 3.63) is 29.5 Å². The minimum absolute atomic E-state index is 0.509. The first-order chi connectivity index (χ1) is 10.4. The van der Waals surface area contributed by atoms with E-state index in [1.54, 1.807) is 23.7 Å². The van der Waals surface area contributed by atoms with Crippen molar-refractivity contribution in [1.29, 1.82) is 0 Å². The quantitative estimate of drug-likeness (QED) is 0.789. The van der Waals surface area contributed by atoms with Gasteiger partial charge in [-0.1, -0.05) is 11.3 Å². The maximum atomic E-state index is 4.68. The molecule has 0 radical (unpaired) electrons. The summed E-state index contributed by atoms with van der Waals surface area (Å²) in [6, 6.07) is 4.38. The first-order valence-corrected chi connectivity index (χ1v) is 8.80. The molecular weight excluding hydrogens is 304 g/mol. The lowest BCUT2D eigenvalue weighted by Crippen LogP contribution is -2.38. The maximum Gasteiger partial charge on any atom is 0.234 e. The third kappa shape index (κ3) is 2.66. The Morgan fingerprint density at radius 1 is 1.38 bits per heavy atom. The maximum absolute atomic E-state index is 4.68. The van der Waals surface area contributed by atoms with Crippen LogP contribution >= 0.6 is 23.1 Å². The molecule has 0 aromatic carbocycles. The molecule has 0 spiro atoms. The Morgan fingerprint density at radius 3 is 3.19 bits per heavy atom. The van der Waals surface area contributed by atoms with Crippen LogP contribution < -0.4 is 5.32 Å². The summed E-state index contributed by atoms with van der Waals surface area (Å²) < 4.78 is 1.83. The molecule has 0 amide bonds. The van der Waals surface area contributed by atoms with E-state index < -0.39 is 0 Å². The van der Waals surface area contributed by atoms with E-state index in [1.807, 2.05) is 28.4 Å². The Balaban J connectivity index is 1.63. The molecule has 6 nitrogen and oxygen atoms in total. The molecular formula is C13H14N6S2. The average molecular weight is 318 g/mol. The zero-order valence-electron chi connectivity index (χ0n) is 11.3. The molecule has 1 atom stereocenters. The van der Waals surface area contributed by atoms with Crippen LogP contribution in [0, 0.1) is 0 Å². The highest BCUT2D eigenvalue weighted by Gasteiger charge is 2.18. The summed E-state index contributed by atoms with van der Waals surface area (Å²) in [6.45, 7) is 1.08. The Kier molecular flexibility index (Phi) is 3.58. The monoisotopic (exact) mass is 318 g/mol. The summed E-state index contributed by atoms with van der Waals surface area (Å²) in [4.78, 5) is 4.97. The lowest BCUT2D eigenvalue weighted by atomic mass is 10.2. The van der Waals surface area contributed by atoms with Crippen molar-refractivity contribution in [2.45, 2.75) is 12.5 Å². The number of pyridine rings is 1. The summed E-state index contributed by atoms with van der Waals surface area (Å²) in [5.41, 5.74) is 0.938. The van der Waals surface area contributed by atoms with E-state index in [-0.39, 0.29) is 0 Å². The minimum atomic E-state index is 0.509. The molecule has 1 aliphatic heterocycles. The van der Waals surface area contributed by atoms with Crippen molar-refractivity contribution >= 4 is 28.1 Å². The molecule has 3 aromatic rings. The number of hydrogen-bond acceptors (Lipinski definition) is 7. The van der Waals surface area contributed by atoms with Crippen LogP contribution in [-0.2, 0) is 6.42 Å². The van der Waals surface area contributed by atoms with Gasteiger partial charge in [-0.25, -0.2) is 0 Å². The Labute approximate surface area is 130 Å². The molecule has 1 unspecified atom stereocenters. The summed E-state index contributed by atoms with van der Waals surface area (Å²) in [5, 5.41) is 17.8. The second kappa shape index (κ2) is 5.70. The molecule has 4 rings (SSSR count). The van der Waals surface area contributed by atoms with Crippen LogP contribution in [0.15, 0.2) is 24.5 Å². The van der Waals surface area contributed by atoms with Gasteiger partial charge in [0.25, 0.3) is 0 Å². The first-order valence-electron chi connectivity index (χ1n) is 6.83. The molecule has 0 bridgehead atoms. The number of rotatable bonds is 3. The molecule has 4 heterocycles. The van der Waals surface area contributed by atoms with Gasteiger partial charge in [0.05, 0.1) is 0 Å². The van der Waals surface area contributed by atoms with Crippen molar-refractivity contribution < 1.29 is 0 Å². The third-order valence-corrected chi connectivity index (χ3v) is 5.42. The summed E-state index contributed by atoms with van der Waals surface area (Å²) in [5.74, 6) is 3.11. The van der Waals surface area contributed by atoms with E-state index in [2.05, 4.69) is 25.6 Å². The van der Waals surface area contributed by atoms with Crippen LogP contribution in [0.1, 0.15) is 5.01 Å². The van der Waals surface area contributed by atoms with Gasteiger partial charge in [-0.2, -0.15) is 21.4 Å². The predicted octanol–water partition coefficient (Wildman–Crippen LogP) is 1.50. The van der Waals surface area contributed by atoms with Gasteiger partial charge in [0.1, 0.15) is 5.01 Å². The van der Waals surface area contributed by atoms with E-state index in [9.17, 15) is 0 Å². The lowest BCUT2D eigenvalue weighted by molar-refractivity contribution is 0.559. The zero-order chi connectivity index (χ0) is 14.1. The van der Waals surface area contributed by atoms with Gasteiger partial charge in [-0.3, -0.25) is 4.98 Å². The van der Waals surface area contributed by atoms with Crippen molar-refractivity contribution in [3.8, 4) is 11.4 Å². The van der Waals surface area contributed by atoms with Crippen LogP contribution in [0.5, 0.6) is 0 Å². The number of aromatic nitrogens is 5. The van der Waals surface area contributed by atoms with Crippen molar-refractivity contribution in [1.82, 2.24) is 30.1 Å². The number of nitrogens with one attached hydrogen (secondary N) is 1. The van der Waals surface area contributed by atoms with Gasteiger partial charge in [-0.15, -0.1) is 10.2 Å². The molecule has 3 aromatic heterocycles. The highest BCUT2D eigenvalue weighted by atomic mass is 32.2. The summed E-state index contributed by atoms with van der Waals surface area (Å²) in [7, 11) is 0. The largest absolute Gasteiger partial charge is 0.312 e. The fourth-order valence-corrected chi connectivity index (χ4v) is 4.24. The molecule has 1 aliphatic rings. The molecule has 108 valence electrons. The summed E-state index contributed by atoms with van der Waals surface area (Å²) in [6.07, 6.45) is 4.49. The molecule has 0 aliphatic carbocycles. The van der Waals surface area contributed by atoms with E-state index in [1.165, 1.54) is 5.75 Å². The average Bonchev–Trinajstić information content (AvgIpc) is 3.09. The smallest absolute Gasteiger partial charge is 0.234 e. The number of fused-ring (bicyclic) bond motifs is 1. The standard InChI is InChI=1S/C13H14N6S2/c1-2-9(7-14-3-1)12-16-17-13-19(12)18-11(21-13)6-10-8-20-5-4-15-10/h1-3,7,10,15H,4-6,8H2. The van der Waals surface area contributed by atoms with Crippen molar-refractivity contribution in [3.63, 3.8) is 0 Å². The van der Waals surface area contributed by atoms with Crippen LogP contribution in [0.4, 0.5) is 0 Å². The topological polar surface area (TPSA) is 68.0 Å². The normalized spacial score (nSPS) is 19.1. The van der Waals surface area contributed by atoms with E-state index in [4.69, 9.17) is 0 Å². The minimum Gasteiger partial charge on any atom is -0.312 e. The Hall–Kier alpha value is -1.51. The number of nitrogens with zero attached hydrogens (tertiary/aromatic N) is 5. The lowest BCUT2D eigenvalue weighted by Gasteiger charge is -2.21. The highest BCUT2D eigenvalue weighted by molar-refractivity contribution is 7.99. The van der Waals surface area contributed by atoms with Crippen LogP contribution in [0.2, 0.25) is 0 Å². The number of thioether (sulfide) groups is 1. The SMILES string of the molecule is c1cncc(-c2nnc3sc(CC4CSCCN4)nn23)c1. The second-order valence-corrected chi connectivity index (χ2v) is 7.08. The van der Waals surface area contributed by atoms with E-state index in [0.29, 0.717) is 6.04 Å². The highest BCUT2D eigenvalue weighted by Crippen LogP contribution is 2.22. The van der Waals surface area contributed by atoms with E-state index in [0.717, 1.165) is 40.1 Å². The van der Waals surface area contributed by atoms with Crippen LogP contribution in [-0.4, -0.2) is 48.9 Å². The predicted molar refractivity (Wildman–Crippen MR) is 84.7 cm³/mol. The van der Waals surface area contributed by atoms with Crippen LogP contribution in [0.25, 0.3) is 16.3 Å². The number of hydrogen-bond donors (Lipinski definition) is 1.